The molecule has 2 aromatic rings. The molecule has 2 atom stereocenters. The molecule has 8 heteroatoms. The zero-order valence-corrected chi connectivity index (χ0v) is 10.6. The predicted molar refractivity (Wildman–Crippen MR) is 65.9 cm³/mol. The van der Waals surface area contributed by atoms with E-state index in [1.54, 1.807) is 11.6 Å². The third-order valence-corrected chi connectivity index (χ3v) is 3.18. The standard InChI is InChI=1S/C11H14N4O4/c1-6-18-4-7(19-6)3-15-5-12-9-8(15)10(16)13-11(17)14(9)2/h5-7H,3-4H2,1-2H3,(H,13,16,17). The number of aromatic amines is 1. The molecular formula is C11H14N4O4. The Morgan fingerprint density at radius 3 is 3.00 bits per heavy atom. The van der Waals surface area contributed by atoms with Crippen LogP contribution in [-0.2, 0) is 23.1 Å². The van der Waals surface area contributed by atoms with E-state index in [-0.39, 0.29) is 12.4 Å². The largest absolute Gasteiger partial charge is 0.350 e. The van der Waals surface area contributed by atoms with E-state index in [0.717, 1.165) is 0 Å². The topological polar surface area (TPSA) is 91.1 Å². The van der Waals surface area contributed by atoms with Crippen LogP contribution in [0.3, 0.4) is 0 Å². The van der Waals surface area contributed by atoms with Crippen molar-refractivity contribution < 1.29 is 9.47 Å². The van der Waals surface area contributed by atoms with Gasteiger partial charge in [0, 0.05) is 7.05 Å². The zero-order valence-electron chi connectivity index (χ0n) is 10.6. The summed E-state index contributed by atoms with van der Waals surface area (Å²) in [6.07, 6.45) is 1.18. The molecular weight excluding hydrogens is 252 g/mol. The van der Waals surface area contributed by atoms with Gasteiger partial charge in [0.1, 0.15) is 6.10 Å². The van der Waals surface area contributed by atoms with Crippen molar-refractivity contribution in [1.82, 2.24) is 19.1 Å². The van der Waals surface area contributed by atoms with Gasteiger partial charge in [0.2, 0.25) is 0 Å². The minimum atomic E-state index is -0.475. The van der Waals surface area contributed by atoms with Crippen LogP contribution in [0, 0.1) is 0 Å². The quantitative estimate of drug-likeness (QED) is 0.767. The summed E-state index contributed by atoms with van der Waals surface area (Å²) in [5, 5.41) is 0. The summed E-state index contributed by atoms with van der Waals surface area (Å²) < 4.78 is 13.8. The van der Waals surface area contributed by atoms with Gasteiger partial charge in [-0.25, -0.2) is 9.78 Å². The minimum Gasteiger partial charge on any atom is -0.350 e. The number of rotatable bonds is 2. The first-order chi connectivity index (χ1) is 9.06. The fourth-order valence-corrected chi connectivity index (χ4v) is 2.23. The highest BCUT2D eigenvalue weighted by molar-refractivity contribution is 5.69. The van der Waals surface area contributed by atoms with Gasteiger partial charge in [-0.1, -0.05) is 0 Å². The zero-order chi connectivity index (χ0) is 13.6. The first-order valence-corrected chi connectivity index (χ1v) is 5.97. The van der Waals surface area contributed by atoms with Crippen LogP contribution in [0.5, 0.6) is 0 Å². The van der Waals surface area contributed by atoms with Crippen molar-refractivity contribution in [2.75, 3.05) is 6.61 Å². The SMILES string of the molecule is CC1OCC(Cn2cnc3c2c(=O)[nH]c(=O)n3C)O1. The Morgan fingerprint density at radius 2 is 2.32 bits per heavy atom. The number of imidazole rings is 1. The summed E-state index contributed by atoms with van der Waals surface area (Å²) in [5.74, 6) is 0. The molecule has 0 aliphatic carbocycles. The Kier molecular flexibility index (Phi) is 2.76. The molecule has 3 heterocycles. The van der Waals surface area contributed by atoms with Crippen molar-refractivity contribution in [2.24, 2.45) is 7.05 Å². The number of ether oxygens (including phenoxy) is 2. The maximum Gasteiger partial charge on any atom is 0.329 e. The van der Waals surface area contributed by atoms with E-state index in [1.807, 2.05) is 6.92 Å². The minimum absolute atomic E-state index is 0.121. The van der Waals surface area contributed by atoms with E-state index in [4.69, 9.17) is 9.47 Å². The molecule has 8 nitrogen and oxygen atoms in total. The van der Waals surface area contributed by atoms with Gasteiger partial charge < -0.3 is 14.0 Å². The molecule has 2 unspecified atom stereocenters. The second-order valence-electron chi connectivity index (χ2n) is 4.55. The number of H-pyrrole nitrogens is 1. The summed E-state index contributed by atoms with van der Waals surface area (Å²) >= 11 is 0. The molecule has 0 saturated carbocycles. The molecule has 0 bridgehead atoms. The lowest BCUT2D eigenvalue weighted by Gasteiger charge is -2.09. The lowest BCUT2D eigenvalue weighted by Crippen LogP contribution is -2.30. The lowest BCUT2D eigenvalue weighted by molar-refractivity contribution is -0.0443. The Balaban J connectivity index is 2.04. The third-order valence-electron chi connectivity index (χ3n) is 3.18. The Labute approximate surface area is 107 Å². The lowest BCUT2D eigenvalue weighted by atomic mass is 10.3. The molecule has 102 valence electrons. The summed E-state index contributed by atoms with van der Waals surface area (Å²) in [5.41, 5.74) is -0.189. The van der Waals surface area contributed by atoms with Crippen LogP contribution >= 0.6 is 0 Å². The number of nitrogens with zero attached hydrogens (tertiary/aromatic N) is 3. The number of nitrogens with one attached hydrogen (secondary N) is 1. The molecule has 0 amide bonds. The predicted octanol–water partition coefficient (Wildman–Crippen LogP) is -0.815. The second-order valence-corrected chi connectivity index (χ2v) is 4.55. The maximum atomic E-state index is 11.9. The van der Waals surface area contributed by atoms with Crippen molar-refractivity contribution in [3.63, 3.8) is 0 Å². The molecule has 0 spiro atoms. The van der Waals surface area contributed by atoms with Crippen LogP contribution in [0.1, 0.15) is 6.92 Å². The molecule has 1 fully saturated rings. The number of aryl methyl sites for hydroxylation is 1. The van der Waals surface area contributed by atoms with Gasteiger partial charge in [-0.2, -0.15) is 0 Å². The molecule has 19 heavy (non-hydrogen) atoms. The van der Waals surface area contributed by atoms with E-state index < -0.39 is 11.2 Å². The van der Waals surface area contributed by atoms with Gasteiger partial charge in [-0.15, -0.1) is 0 Å². The highest BCUT2D eigenvalue weighted by Gasteiger charge is 2.24. The highest BCUT2D eigenvalue weighted by Crippen LogP contribution is 2.14. The molecule has 0 aromatic carbocycles. The summed E-state index contributed by atoms with van der Waals surface area (Å²) in [7, 11) is 1.56. The van der Waals surface area contributed by atoms with Gasteiger partial charge >= 0.3 is 5.69 Å². The fourth-order valence-electron chi connectivity index (χ4n) is 2.23. The van der Waals surface area contributed by atoms with Crippen LogP contribution in [-0.4, -0.2) is 38.1 Å². The van der Waals surface area contributed by atoms with Crippen LogP contribution in [0.25, 0.3) is 11.2 Å². The van der Waals surface area contributed by atoms with Crippen molar-refractivity contribution >= 4 is 11.2 Å². The molecule has 1 aliphatic heterocycles. The summed E-state index contributed by atoms with van der Waals surface area (Å²) in [6, 6.07) is 0. The van der Waals surface area contributed by atoms with Gasteiger partial charge in [0.25, 0.3) is 5.56 Å². The molecule has 1 saturated heterocycles. The average molecular weight is 266 g/mol. The Morgan fingerprint density at radius 1 is 1.53 bits per heavy atom. The van der Waals surface area contributed by atoms with Gasteiger partial charge in [-0.05, 0) is 6.92 Å². The van der Waals surface area contributed by atoms with Crippen LogP contribution < -0.4 is 11.2 Å². The van der Waals surface area contributed by atoms with E-state index >= 15 is 0 Å². The number of fused-ring (bicyclic) bond motifs is 1. The first kappa shape index (κ1) is 12.1. The van der Waals surface area contributed by atoms with E-state index in [2.05, 4.69) is 9.97 Å². The monoisotopic (exact) mass is 266 g/mol. The number of aromatic nitrogens is 4. The van der Waals surface area contributed by atoms with Crippen LogP contribution in [0.2, 0.25) is 0 Å². The first-order valence-electron chi connectivity index (χ1n) is 5.97. The van der Waals surface area contributed by atoms with Crippen molar-refractivity contribution in [3.05, 3.63) is 27.2 Å². The van der Waals surface area contributed by atoms with Gasteiger partial charge in [0.05, 0.1) is 19.5 Å². The molecule has 3 rings (SSSR count). The van der Waals surface area contributed by atoms with Crippen molar-refractivity contribution in [1.29, 1.82) is 0 Å². The maximum absolute atomic E-state index is 11.9. The van der Waals surface area contributed by atoms with Crippen LogP contribution in [0.4, 0.5) is 0 Å². The van der Waals surface area contributed by atoms with Gasteiger partial charge in [-0.3, -0.25) is 14.3 Å². The van der Waals surface area contributed by atoms with Crippen molar-refractivity contribution in [3.8, 4) is 0 Å². The average Bonchev–Trinajstić information content (AvgIpc) is 2.94. The number of hydrogen-bond acceptors (Lipinski definition) is 5. The Hall–Kier alpha value is -1.93. The van der Waals surface area contributed by atoms with Crippen molar-refractivity contribution in [2.45, 2.75) is 25.9 Å². The highest BCUT2D eigenvalue weighted by atomic mass is 16.7. The van der Waals surface area contributed by atoms with E-state index in [0.29, 0.717) is 24.3 Å². The summed E-state index contributed by atoms with van der Waals surface area (Å²) in [4.78, 5) is 29.7. The fraction of sp³-hybridized carbons (Fsp3) is 0.545. The van der Waals surface area contributed by atoms with Crippen LogP contribution in [0.15, 0.2) is 15.9 Å². The van der Waals surface area contributed by atoms with Gasteiger partial charge in [0.15, 0.2) is 17.5 Å². The molecule has 1 N–H and O–H groups in total. The normalized spacial score (nSPS) is 23.3. The Bertz CT molecular complexity index is 728. The van der Waals surface area contributed by atoms with E-state index in [1.165, 1.54) is 10.9 Å². The molecule has 2 aromatic heterocycles. The molecule has 0 radical (unpaired) electrons. The smallest absolute Gasteiger partial charge is 0.329 e. The number of hydrogen-bond donors (Lipinski definition) is 1. The molecule has 1 aliphatic rings. The second kappa shape index (κ2) is 4.32. The summed E-state index contributed by atoms with van der Waals surface area (Å²) in [6.45, 7) is 2.76. The third kappa shape index (κ3) is 1.98. The van der Waals surface area contributed by atoms with E-state index in [9.17, 15) is 9.59 Å².